The molecule has 0 aliphatic carbocycles. The standard InChI is InChI=1S/C11H15N3O2S/c12-8-6-9(11(15)16)10(13-7-8)14-2-1-4-17-5-3-14/h6-7H,1-5,12H2,(H,15,16). The number of nitrogen functional groups attached to an aromatic ring is 1. The van der Waals surface area contributed by atoms with Crippen LogP contribution < -0.4 is 10.6 Å². The third-order valence-electron chi connectivity index (χ3n) is 2.64. The Morgan fingerprint density at radius 3 is 3.06 bits per heavy atom. The molecule has 1 aliphatic rings. The topological polar surface area (TPSA) is 79.5 Å². The van der Waals surface area contributed by atoms with E-state index in [1.165, 1.54) is 12.3 Å². The van der Waals surface area contributed by atoms with E-state index < -0.39 is 5.97 Å². The number of hydrogen-bond donors (Lipinski definition) is 2. The van der Waals surface area contributed by atoms with Gasteiger partial charge in [-0.05, 0) is 18.2 Å². The molecule has 92 valence electrons. The molecule has 6 heteroatoms. The number of nitrogens with two attached hydrogens (primary N) is 1. The highest BCUT2D eigenvalue weighted by atomic mass is 32.2. The molecule has 2 heterocycles. The van der Waals surface area contributed by atoms with Gasteiger partial charge >= 0.3 is 5.97 Å². The van der Waals surface area contributed by atoms with Crippen molar-refractivity contribution in [2.45, 2.75) is 6.42 Å². The monoisotopic (exact) mass is 253 g/mol. The van der Waals surface area contributed by atoms with Crippen LogP contribution in [0.5, 0.6) is 0 Å². The summed E-state index contributed by atoms with van der Waals surface area (Å²) in [6.45, 7) is 1.69. The molecule has 1 aromatic heterocycles. The van der Waals surface area contributed by atoms with Crippen LogP contribution in [0, 0.1) is 0 Å². The van der Waals surface area contributed by atoms with E-state index in [9.17, 15) is 4.79 Å². The first-order valence-electron chi connectivity index (χ1n) is 5.50. The van der Waals surface area contributed by atoms with Gasteiger partial charge in [-0.15, -0.1) is 0 Å². The molecule has 0 unspecified atom stereocenters. The molecule has 0 bridgehead atoms. The second kappa shape index (κ2) is 5.27. The van der Waals surface area contributed by atoms with Crippen LogP contribution in [0.25, 0.3) is 0 Å². The highest BCUT2D eigenvalue weighted by molar-refractivity contribution is 7.99. The van der Waals surface area contributed by atoms with Gasteiger partial charge in [0.15, 0.2) is 0 Å². The highest BCUT2D eigenvalue weighted by Crippen LogP contribution is 2.22. The van der Waals surface area contributed by atoms with Gasteiger partial charge in [0.05, 0.1) is 11.9 Å². The number of carbonyl (C=O) groups is 1. The predicted molar refractivity (Wildman–Crippen MR) is 69.8 cm³/mol. The third-order valence-corrected chi connectivity index (χ3v) is 3.69. The van der Waals surface area contributed by atoms with Gasteiger partial charge in [-0.2, -0.15) is 11.8 Å². The van der Waals surface area contributed by atoms with Crippen LogP contribution in [-0.2, 0) is 0 Å². The summed E-state index contributed by atoms with van der Waals surface area (Å²) < 4.78 is 0. The molecular weight excluding hydrogens is 238 g/mol. The average molecular weight is 253 g/mol. The fraction of sp³-hybridized carbons (Fsp3) is 0.455. The lowest BCUT2D eigenvalue weighted by atomic mass is 10.2. The number of carboxylic acids is 1. The molecule has 17 heavy (non-hydrogen) atoms. The number of hydrogen-bond acceptors (Lipinski definition) is 5. The summed E-state index contributed by atoms with van der Waals surface area (Å²) in [6.07, 6.45) is 2.57. The summed E-state index contributed by atoms with van der Waals surface area (Å²) in [7, 11) is 0. The Bertz CT molecular complexity index is 417. The Balaban J connectivity index is 2.32. The van der Waals surface area contributed by atoms with Crippen molar-refractivity contribution >= 4 is 29.2 Å². The molecule has 0 amide bonds. The fourth-order valence-corrected chi connectivity index (χ4v) is 2.73. The van der Waals surface area contributed by atoms with Gasteiger partial charge in [-0.1, -0.05) is 0 Å². The van der Waals surface area contributed by atoms with E-state index in [0.29, 0.717) is 11.5 Å². The van der Waals surface area contributed by atoms with Gasteiger partial charge in [-0.25, -0.2) is 9.78 Å². The van der Waals surface area contributed by atoms with Gasteiger partial charge < -0.3 is 15.7 Å². The van der Waals surface area contributed by atoms with E-state index in [0.717, 1.165) is 31.0 Å². The van der Waals surface area contributed by atoms with Gasteiger partial charge in [0.2, 0.25) is 0 Å². The molecule has 1 fully saturated rings. The number of pyridine rings is 1. The zero-order valence-corrected chi connectivity index (χ0v) is 10.2. The first-order valence-corrected chi connectivity index (χ1v) is 6.65. The van der Waals surface area contributed by atoms with Crippen molar-refractivity contribution in [3.8, 4) is 0 Å². The minimum Gasteiger partial charge on any atom is -0.478 e. The average Bonchev–Trinajstić information content (AvgIpc) is 2.57. The molecule has 1 saturated heterocycles. The highest BCUT2D eigenvalue weighted by Gasteiger charge is 2.19. The number of carboxylic acid groups (broad SMARTS) is 1. The van der Waals surface area contributed by atoms with Crippen LogP contribution in [0.4, 0.5) is 11.5 Å². The third kappa shape index (κ3) is 2.82. The Morgan fingerprint density at radius 1 is 1.47 bits per heavy atom. The molecule has 3 N–H and O–H groups in total. The summed E-state index contributed by atoms with van der Waals surface area (Å²) >= 11 is 1.89. The van der Waals surface area contributed by atoms with Gasteiger partial charge in [-0.3, -0.25) is 0 Å². The molecule has 5 nitrogen and oxygen atoms in total. The summed E-state index contributed by atoms with van der Waals surface area (Å²) in [4.78, 5) is 17.4. The van der Waals surface area contributed by atoms with E-state index in [4.69, 9.17) is 10.8 Å². The summed E-state index contributed by atoms with van der Waals surface area (Å²) in [5, 5.41) is 9.16. The van der Waals surface area contributed by atoms with E-state index in [2.05, 4.69) is 4.98 Å². The summed E-state index contributed by atoms with van der Waals surface area (Å²) in [5.74, 6) is 1.69. The van der Waals surface area contributed by atoms with Crippen molar-refractivity contribution in [1.29, 1.82) is 0 Å². The Morgan fingerprint density at radius 2 is 2.29 bits per heavy atom. The van der Waals surface area contributed by atoms with Crippen molar-refractivity contribution in [1.82, 2.24) is 4.98 Å². The molecule has 2 rings (SSSR count). The number of nitrogens with zero attached hydrogens (tertiary/aromatic N) is 2. The second-order valence-corrected chi connectivity index (χ2v) is 5.12. The molecule has 0 aromatic carbocycles. The van der Waals surface area contributed by atoms with Crippen molar-refractivity contribution in [3.63, 3.8) is 0 Å². The first kappa shape index (κ1) is 12.0. The number of aromatic carboxylic acids is 1. The molecule has 0 spiro atoms. The largest absolute Gasteiger partial charge is 0.478 e. The maximum atomic E-state index is 11.2. The first-order chi connectivity index (χ1) is 8.18. The molecule has 0 saturated carbocycles. The molecule has 1 aliphatic heterocycles. The molecular formula is C11H15N3O2S. The van der Waals surface area contributed by atoms with Crippen LogP contribution in [-0.4, -0.2) is 40.7 Å². The number of thioether (sulfide) groups is 1. The van der Waals surface area contributed by atoms with E-state index in [-0.39, 0.29) is 5.56 Å². The predicted octanol–water partition coefficient (Wildman–Crippen LogP) is 1.31. The van der Waals surface area contributed by atoms with E-state index in [1.54, 1.807) is 0 Å². The van der Waals surface area contributed by atoms with Crippen LogP contribution in [0.1, 0.15) is 16.8 Å². The van der Waals surface area contributed by atoms with E-state index >= 15 is 0 Å². The maximum Gasteiger partial charge on any atom is 0.339 e. The Hall–Kier alpha value is -1.43. The molecule has 0 radical (unpaired) electrons. The Kier molecular flexibility index (Phi) is 3.73. The Labute approximate surface area is 104 Å². The van der Waals surface area contributed by atoms with Gasteiger partial charge in [0.1, 0.15) is 11.4 Å². The number of anilines is 2. The molecule has 0 atom stereocenters. The van der Waals surface area contributed by atoms with Gasteiger partial charge in [0.25, 0.3) is 0 Å². The van der Waals surface area contributed by atoms with Crippen LogP contribution in [0.2, 0.25) is 0 Å². The SMILES string of the molecule is Nc1cnc(N2CCCSCC2)c(C(=O)O)c1. The fourth-order valence-electron chi connectivity index (χ4n) is 1.84. The number of rotatable bonds is 2. The van der Waals surface area contributed by atoms with Crippen molar-refractivity contribution in [2.24, 2.45) is 0 Å². The van der Waals surface area contributed by atoms with Crippen molar-refractivity contribution < 1.29 is 9.90 Å². The molecule has 1 aromatic rings. The summed E-state index contributed by atoms with van der Waals surface area (Å²) in [6, 6.07) is 1.47. The lowest BCUT2D eigenvalue weighted by Gasteiger charge is -2.22. The van der Waals surface area contributed by atoms with Crippen LogP contribution in [0.3, 0.4) is 0 Å². The second-order valence-electron chi connectivity index (χ2n) is 3.90. The smallest absolute Gasteiger partial charge is 0.339 e. The van der Waals surface area contributed by atoms with Crippen LogP contribution in [0.15, 0.2) is 12.3 Å². The zero-order chi connectivity index (χ0) is 12.3. The summed E-state index contributed by atoms with van der Waals surface area (Å²) in [5.41, 5.74) is 6.15. The van der Waals surface area contributed by atoms with Crippen LogP contribution >= 0.6 is 11.8 Å². The lowest BCUT2D eigenvalue weighted by molar-refractivity contribution is 0.0697. The maximum absolute atomic E-state index is 11.2. The van der Waals surface area contributed by atoms with Crippen molar-refractivity contribution in [3.05, 3.63) is 17.8 Å². The lowest BCUT2D eigenvalue weighted by Crippen LogP contribution is -2.28. The van der Waals surface area contributed by atoms with Gasteiger partial charge in [0, 0.05) is 18.8 Å². The number of aromatic nitrogens is 1. The quantitative estimate of drug-likeness (QED) is 0.827. The minimum atomic E-state index is -0.975. The minimum absolute atomic E-state index is 0.192. The zero-order valence-electron chi connectivity index (χ0n) is 9.43. The van der Waals surface area contributed by atoms with E-state index in [1.807, 2.05) is 16.7 Å². The normalized spacial score (nSPS) is 16.6. The van der Waals surface area contributed by atoms with Crippen molar-refractivity contribution in [2.75, 3.05) is 35.2 Å².